The van der Waals surface area contributed by atoms with E-state index in [-0.39, 0.29) is 5.69 Å². The number of nitrogens with zero attached hydrogens (tertiary/aromatic N) is 1. The highest BCUT2D eigenvalue weighted by atomic mass is 32.1. The molecule has 0 spiro atoms. The van der Waals surface area contributed by atoms with Gasteiger partial charge in [-0.25, -0.2) is 0 Å². The molecule has 0 fully saturated rings. The Kier molecular flexibility index (Phi) is 3.14. The van der Waals surface area contributed by atoms with Gasteiger partial charge in [-0.3, -0.25) is 10.1 Å². The summed E-state index contributed by atoms with van der Waals surface area (Å²) in [5, 5.41) is 10.5. The number of benzene rings is 1. The summed E-state index contributed by atoms with van der Waals surface area (Å²) in [4.78, 5) is 10.4. The van der Waals surface area contributed by atoms with E-state index in [1.165, 1.54) is 12.1 Å². The maximum Gasteiger partial charge on any atom is 0.269 e. The minimum atomic E-state index is -0.428. The third-order valence-corrected chi connectivity index (χ3v) is 2.05. The van der Waals surface area contributed by atoms with Crippen molar-refractivity contribution < 1.29 is 4.92 Å². The molecule has 2 N–H and O–H groups in total. The van der Waals surface area contributed by atoms with E-state index < -0.39 is 4.92 Å². The van der Waals surface area contributed by atoms with Crippen molar-refractivity contribution >= 4 is 22.9 Å². The number of nitro benzene ring substituents is 1. The number of hydrogen-bond donors (Lipinski definition) is 1. The summed E-state index contributed by atoms with van der Waals surface area (Å²) in [6.45, 7) is 1.87. The lowest BCUT2D eigenvalue weighted by Gasteiger charge is -2.03. The van der Waals surface area contributed by atoms with Gasteiger partial charge in [-0.2, -0.15) is 0 Å². The molecule has 14 heavy (non-hydrogen) atoms. The van der Waals surface area contributed by atoms with E-state index in [1.807, 2.05) is 6.92 Å². The van der Waals surface area contributed by atoms with Gasteiger partial charge >= 0.3 is 0 Å². The van der Waals surface area contributed by atoms with E-state index in [9.17, 15) is 10.1 Å². The summed E-state index contributed by atoms with van der Waals surface area (Å²) >= 11 is 4.75. The van der Waals surface area contributed by atoms with Crippen LogP contribution in [0, 0.1) is 17.0 Å². The number of rotatable bonds is 3. The summed E-state index contributed by atoms with van der Waals surface area (Å²) in [6.07, 6.45) is 0.406. The number of non-ortho nitro benzene ring substituents is 1. The first-order valence-corrected chi connectivity index (χ1v) is 4.43. The molecule has 1 aromatic rings. The number of hydrogen-bond acceptors (Lipinski definition) is 3. The van der Waals surface area contributed by atoms with Gasteiger partial charge in [-0.15, -0.1) is 0 Å². The van der Waals surface area contributed by atoms with Gasteiger partial charge in [0, 0.05) is 18.6 Å². The van der Waals surface area contributed by atoms with Gasteiger partial charge < -0.3 is 5.73 Å². The van der Waals surface area contributed by atoms with E-state index in [2.05, 4.69) is 0 Å². The van der Waals surface area contributed by atoms with Crippen LogP contribution in [0.5, 0.6) is 0 Å². The van der Waals surface area contributed by atoms with Crippen molar-refractivity contribution in [2.75, 3.05) is 0 Å². The molecule has 4 nitrogen and oxygen atoms in total. The lowest BCUT2D eigenvalue weighted by Crippen LogP contribution is -2.12. The van der Waals surface area contributed by atoms with Gasteiger partial charge in [0.1, 0.15) is 0 Å². The van der Waals surface area contributed by atoms with Gasteiger partial charge in [0.05, 0.1) is 9.91 Å². The molecule has 1 rings (SSSR count). The molecular formula is C9H10N2O2S. The molecule has 0 amide bonds. The topological polar surface area (TPSA) is 69.2 Å². The van der Waals surface area contributed by atoms with Crippen LogP contribution >= 0.6 is 12.2 Å². The van der Waals surface area contributed by atoms with E-state index >= 15 is 0 Å². The highest BCUT2D eigenvalue weighted by Gasteiger charge is 2.08. The Hall–Kier alpha value is -1.49. The van der Waals surface area contributed by atoms with Crippen molar-refractivity contribution in [3.63, 3.8) is 0 Å². The van der Waals surface area contributed by atoms with E-state index in [0.717, 1.165) is 11.1 Å². The minimum absolute atomic E-state index is 0.0712. The molecule has 1 aromatic carbocycles. The fourth-order valence-electron chi connectivity index (χ4n) is 1.15. The second-order valence-corrected chi connectivity index (χ2v) is 3.54. The van der Waals surface area contributed by atoms with E-state index in [4.69, 9.17) is 18.0 Å². The fraction of sp³-hybridized carbons (Fsp3) is 0.222. The molecule has 0 radical (unpaired) electrons. The highest BCUT2D eigenvalue weighted by molar-refractivity contribution is 7.80. The zero-order valence-electron chi connectivity index (χ0n) is 7.69. The zero-order valence-corrected chi connectivity index (χ0v) is 8.50. The summed E-state index contributed by atoms with van der Waals surface area (Å²) < 4.78 is 0. The lowest BCUT2D eigenvalue weighted by atomic mass is 10.1. The molecule has 0 atom stereocenters. The van der Waals surface area contributed by atoms with Crippen molar-refractivity contribution in [1.29, 1.82) is 0 Å². The largest absolute Gasteiger partial charge is 0.393 e. The molecule has 0 bridgehead atoms. The highest BCUT2D eigenvalue weighted by Crippen LogP contribution is 2.17. The summed E-state index contributed by atoms with van der Waals surface area (Å²) in [5.41, 5.74) is 7.23. The molecule has 0 aliphatic carbocycles. The van der Waals surface area contributed by atoms with Crippen LogP contribution in [-0.4, -0.2) is 9.91 Å². The third kappa shape index (κ3) is 2.50. The van der Waals surface area contributed by atoms with Gasteiger partial charge in [0.2, 0.25) is 0 Å². The Morgan fingerprint density at radius 2 is 2.29 bits per heavy atom. The van der Waals surface area contributed by atoms with Crippen LogP contribution in [0.4, 0.5) is 5.69 Å². The first kappa shape index (κ1) is 10.6. The van der Waals surface area contributed by atoms with Crippen LogP contribution in [-0.2, 0) is 6.42 Å². The fourth-order valence-corrected chi connectivity index (χ4v) is 1.31. The summed E-state index contributed by atoms with van der Waals surface area (Å²) in [5.74, 6) is 0. The maximum absolute atomic E-state index is 10.5. The third-order valence-electron chi connectivity index (χ3n) is 1.91. The van der Waals surface area contributed by atoms with Crippen molar-refractivity contribution in [2.45, 2.75) is 13.3 Å². The van der Waals surface area contributed by atoms with Crippen molar-refractivity contribution in [3.8, 4) is 0 Å². The molecular weight excluding hydrogens is 200 g/mol. The Labute approximate surface area is 86.9 Å². The summed E-state index contributed by atoms with van der Waals surface area (Å²) in [7, 11) is 0. The van der Waals surface area contributed by atoms with Crippen LogP contribution < -0.4 is 5.73 Å². The van der Waals surface area contributed by atoms with E-state index in [1.54, 1.807) is 6.07 Å². The van der Waals surface area contributed by atoms with Crippen LogP contribution in [0.2, 0.25) is 0 Å². The van der Waals surface area contributed by atoms with E-state index in [0.29, 0.717) is 11.4 Å². The van der Waals surface area contributed by atoms with Crippen LogP contribution in [0.25, 0.3) is 0 Å². The van der Waals surface area contributed by atoms with Crippen LogP contribution in [0.1, 0.15) is 11.1 Å². The SMILES string of the molecule is Cc1ccc([N+](=O)[O-])cc1CC(N)=S. The Bertz CT molecular complexity index is 390. The molecule has 0 aliphatic heterocycles. The number of thiocarbonyl (C=S) groups is 1. The van der Waals surface area contributed by atoms with Gasteiger partial charge in [0.25, 0.3) is 5.69 Å². The molecule has 0 unspecified atom stereocenters. The number of nitro groups is 1. The quantitative estimate of drug-likeness (QED) is 0.468. The second-order valence-electron chi connectivity index (χ2n) is 3.01. The Morgan fingerprint density at radius 3 is 2.79 bits per heavy atom. The van der Waals surface area contributed by atoms with Gasteiger partial charge in [0.15, 0.2) is 0 Å². The van der Waals surface area contributed by atoms with Crippen LogP contribution in [0.15, 0.2) is 18.2 Å². The Morgan fingerprint density at radius 1 is 1.64 bits per heavy atom. The normalized spacial score (nSPS) is 9.79. The van der Waals surface area contributed by atoms with Gasteiger partial charge in [-0.1, -0.05) is 18.3 Å². The van der Waals surface area contributed by atoms with Gasteiger partial charge in [-0.05, 0) is 18.1 Å². The molecule has 0 aliphatic rings. The predicted octanol–water partition coefficient (Wildman–Crippen LogP) is 1.73. The van der Waals surface area contributed by atoms with Crippen molar-refractivity contribution in [3.05, 3.63) is 39.4 Å². The second kappa shape index (κ2) is 4.15. The number of nitrogens with two attached hydrogens (primary N) is 1. The number of aryl methyl sites for hydroxylation is 1. The minimum Gasteiger partial charge on any atom is -0.393 e. The molecule has 0 aromatic heterocycles. The average molecular weight is 210 g/mol. The monoisotopic (exact) mass is 210 g/mol. The van der Waals surface area contributed by atoms with Crippen LogP contribution in [0.3, 0.4) is 0 Å². The zero-order chi connectivity index (χ0) is 10.7. The van der Waals surface area contributed by atoms with Crippen molar-refractivity contribution in [1.82, 2.24) is 0 Å². The molecule has 0 saturated carbocycles. The average Bonchev–Trinajstić information content (AvgIpc) is 2.07. The first-order chi connectivity index (χ1) is 6.50. The Balaban J connectivity index is 3.08. The standard InChI is InChI=1S/C9H10N2O2S/c1-6-2-3-8(11(12)13)4-7(6)5-9(10)14/h2-4H,5H2,1H3,(H2,10,14). The molecule has 0 heterocycles. The molecule has 5 heteroatoms. The maximum atomic E-state index is 10.5. The first-order valence-electron chi connectivity index (χ1n) is 4.03. The summed E-state index contributed by atoms with van der Waals surface area (Å²) in [6, 6.07) is 4.68. The van der Waals surface area contributed by atoms with Crippen molar-refractivity contribution in [2.24, 2.45) is 5.73 Å². The lowest BCUT2D eigenvalue weighted by molar-refractivity contribution is -0.384. The molecule has 74 valence electrons. The molecule has 0 saturated heterocycles. The predicted molar refractivity (Wildman–Crippen MR) is 58.3 cm³/mol. The smallest absolute Gasteiger partial charge is 0.269 e.